The summed E-state index contributed by atoms with van der Waals surface area (Å²) in [6.07, 6.45) is 17.9. The van der Waals surface area contributed by atoms with Gasteiger partial charge in [-0.15, -0.1) is 0 Å². The fourth-order valence-corrected chi connectivity index (χ4v) is 4.96. The van der Waals surface area contributed by atoms with E-state index in [0.29, 0.717) is 18.3 Å². The third-order valence-electron chi connectivity index (χ3n) is 6.49. The molecule has 1 rings (SSSR count). The maximum Gasteiger partial charge on any atom is 0.319 e. The summed E-state index contributed by atoms with van der Waals surface area (Å²) in [7, 11) is -1.34. The summed E-state index contributed by atoms with van der Waals surface area (Å²) >= 11 is 5.05. The molecule has 2 N–H and O–H groups in total. The van der Waals surface area contributed by atoms with Crippen molar-refractivity contribution in [1.82, 2.24) is 10.6 Å². The molecule has 39 heavy (non-hydrogen) atoms. The van der Waals surface area contributed by atoms with E-state index in [-0.39, 0.29) is 19.0 Å². The molecular formula is C29H52N2O6PS-. The van der Waals surface area contributed by atoms with Crippen molar-refractivity contribution in [3.63, 3.8) is 0 Å². The largest absolute Gasteiger partial charge is 0.746 e. The van der Waals surface area contributed by atoms with Crippen LogP contribution in [-0.2, 0) is 25.1 Å². The van der Waals surface area contributed by atoms with Gasteiger partial charge in [-0.25, -0.2) is 0 Å². The molecule has 0 fully saturated rings. The topological polar surface area (TPSA) is 101 Å². The zero-order valence-corrected chi connectivity index (χ0v) is 26.1. The standard InChI is InChI=1S/C29H53N2O6PS/c1-4-5-6-7-8-9-10-11-12-13-14-15-16-17-21-35-24-28(34-3)25-36-38(32,33)37-27-20-18-19-26(22-27)23-31-29(39)30-2/h18-20,22,28H,4-17,21,23-25H2,1-3H3,(H,32,33)(H2,30,31,39)/p-1. The average molecular weight is 588 g/mol. The summed E-state index contributed by atoms with van der Waals surface area (Å²) in [6, 6.07) is 6.72. The first kappa shape index (κ1) is 35.8. The first-order valence-corrected chi connectivity index (χ1v) is 16.6. The van der Waals surface area contributed by atoms with Crippen LogP contribution < -0.4 is 20.1 Å². The lowest BCUT2D eigenvalue weighted by molar-refractivity contribution is -0.219. The van der Waals surface area contributed by atoms with E-state index in [1.165, 1.54) is 84.2 Å². The molecule has 0 aliphatic rings. The van der Waals surface area contributed by atoms with Crippen LogP contribution in [0.2, 0.25) is 0 Å². The van der Waals surface area contributed by atoms with Gasteiger partial charge in [0.1, 0.15) is 11.9 Å². The highest BCUT2D eigenvalue weighted by Gasteiger charge is 2.16. The van der Waals surface area contributed by atoms with Crippen LogP contribution in [0, 0.1) is 0 Å². The highest BCUT2D eigenvalue weighted by Crippen LogP contribution is 2.39. The van der Waals surface area contributed by atoms with E-state index < -0.39 is 13.9 Å². The van der Waals surface area contributed by atoms with Crippen molar-refractivity contribution in [2.45, 2.75) is 109 Å². The number of hydrogen-bond donors (Lipinski definition) is 2. The number of benzene rings is 1. The summed E-state index contributed by atoms with van der Waals surface area (Å²) < 4.78 is 33.5. The minimum atomic E-state index is -4.57. The number of methoxy groups -OCH3 is 1. The third-order valence-corrected chi connectivity index (χ3v) is 7.74. The van der Waals surface area contributed by atoms with Gasteiger partial charge in [-0.1, -0.05) is 103 Å². The number of phosphoric ester groups is 1. The van der Waals surface area contributed by atoms with Gasteiger partial charge in [0.15, 0.2) is 5.11 Å². The van der Waals surface area contributed by atoms with Gasteiger partial charge in [0.2, 0.25) is 0 Å². The Balaban J connectivity index is 2.09. The van der Waals surface area contributed by atoms with Crippen LogP contribution >= 0.6 is 20.0 Å². The van der Waals surface area contributed by atoms with Crippen molar-refractivity contribution in [1.29, 1.82) is 0 Å². The molecule has 0 aliphatic carbocycles. The maximum absolute atomic E-state index is 12.3. The second kappa shape index (κ2) is 23.5. The first-order valence-electron chi connectivity index (χ1n) is 14.7. The minimum Gasteiger partial charge on any atom is -0.746 e. The molecule has 8 nitrogen and oxygen atoms in total. The van der Waals surface area contributed by atoms with Gasteiger partial charge in [0.25, 0.3) is 0 Å². The number of phosphoric acid groups is 1. The van der Waals surface area contributed by atoms with Crippen molar-refractivity contribution >= 4 is 25.2 Å². The lowest BCUT2D eigenvalue weighted by Crippen LogP contribution is -2.31. The molecule has 0 bridgehead atoms. The third kappa shape index (κ3) is 20.3. The highest BCUT2D eigenvalue weighted by molar-refractivity contribution is 7.80. The van der Waals surface area contributed by atoms with Crippen LogP contribution in [0.1, 0.15) is 102 Å². The van der Waals surface area contributed by atoms with Crippen molar-refractivity contribution in [2.24, 2.45) is 0 Å². The molecule has 0 spiro atoms. The number of hydrogen-bond acceptors (Lipinski definition) is 7. The van der Waals surface area contributed by atoms with Crippen LogP contribution in [0.3, 0.4) is 0 Å². The number of unbranched alkanes of at least 4 members (excludes halogenated alkanes) is 13. The monoisotopic (exact) mass is 587 g/mol. The van der Waals surface area contributed by atoms with E-state index in [1.54, 1.807) is 25.2 Å². The lowest BCUT2D eigenvalue weighted by Gasteiger charge is -2.25. The minimum absolute atomic E-state index is 0.172. The van der Waals surface area contributed by atoms with Crippen molar-refractivity contribution in [3.05, 3.63) is 29.8 Å². The van der Waals surface area contributed by atoms with E-state index in [9.17, 15) is 9.46 Å². The fraction of sp³-hybridized carbons (Fsp3) is 0.759. The molecule has 1 aromatic rings. The van der Waals surface area contributed by atoms with E-state index in [2.05, 4.69) is 17.6 Å². The zero-order valence-electron chi connectivity index (χ0n) is 24.4. The fourth-order valence-electron chi connectivity index (χ4n) is 4.11. The van der Waals surface area contributed by atoms with Gasteiger partial charge in [-0.3, -0.25) is 4.57 Å². The van der Waals surface area contributed by atoms with Gasteiger partial charge in [0, 0.05) is 27.3 Å². The van der Waals surface area contributed by atoms with Gasteiger partial charge in [-0.2, -0.15) is 0 Å². The molecule has 2 unspecified atom stereocenters. The predicted octanol–water partition coefficient (Wildman–Crippen LogP) is 6.66. The molecule has 1 aromatic carbocycles. The predicted molar refractivity (Wildman–Crippen MR) is 161 cm³/mol. The Bertz CT molecular complexity index is 801. The van der Waals surface area contributed by atoms with Gasteiger partial charge < -0.3 is 34.0 Å². The molecular weight excluding hydrogens is 535 g/mol. The van der Waals surface area contributed by atoms with Crippen molar-refractivity contribution < 1.29 is 28.0 Å². The van der Waals surface area contributed by atoms with Gasteiger partial charge >= 0.3 is 7.82 Å². The zero-order chi connectivity index (χ0) is 28.6. The molecule has 226 valence electrons. The summed E-state index contributed by atoms with van der Waals surface area (Å²) in [5.74, 6) is 0.172. The highest BCUT2D eigenvalue weighted by atomic mass is 32.1. The number of nitrogens with one attached hydrogen (secondary N) is 2. The molecule has 0 saturated heterocycles. The summed E-state index contributed by atoms with van der Waals surface area (Å²) in [6.45, 7) is 3.42. The average Bonchev–Trinajstić information content (AvgIpc) is 2.93. The number of thiocarbonyl (C=S) groups is 1. The second-order valence-corrected chi connectivity index (χ2v) is 11.7. The van der Waals surface area contributed by atoms with Crippen LogP contribution in [0.5, 0.6) is 5.75 Å². The molecule has 0 amide bonds. The maximum atomic E-state index is 12.3. The van der Waals surface area contributed by atoms with Crippen LogP contribution in [-0.4, -0.2) is 45.2 Å². The van der Waals surface area contributed by atoms with E-state index in [0.717, 1.165) is 18.4 Å². The molecule has 0 aliphatic heterocycles. The number of rotatable bonds is 25. The molecule has 2 atom stereocenters. The first-order chi connectivity index (χ1) is 18.9. The van der Waals surface area contributed by atoms with Crippen LogP contribution in [0.25, 0.3) is 0 Å². The van der Waals surface area contributed by atoms with Crippen LogP contribution in [0.15, 0.2) is 24.3 Å². The summed E-state index contributed by atoms with van der Waals surface area (Å²) in [4.78, 5) is 12.3. The SMILES string of the molecule is CCCCCCCCCCCCCCCCOCC(COP(=O)([O-])Oc1cccc(CNC(=S)NC)c1)OC. The Kier molecular flexibility index (Phi) is 21.6. The van der Waals surface area contributed by atoms with Crippen molar-refractivity contribution in [3.8, 4) is 5.75 Å². The normalized spacial score (nSPS) is 13.5. The molecule has 0 radical (unpaired) electrons. The van der Waals surface area contributed by atoms with E-state index in [4.69, 9.17) is 30.7 Å². The number of ether oxygens (including phenoxy) is 2. The summed E-state index contributed by atoms with van der Waals surface area (Å²) in [5, 5.41) is 6.31. The molecule has 0 heterocycles. The lowest BCUT2D eigenvalue weighted by atomic mass is 10.0. The quantitative estimate of drug-likeness (QED) is 0.0739. The Morgan fingerprint density at radius 1 is 0.949 bits per heavy atom. The smallest absolute Gasteiger partial charge is 0.319 e. The van der Waals surface area contributed by atoms with Gasteiger partial charge in [0.05, 0.1) is 13.2 Å². The van der Waals surface area contributed by atoms with Gasteiger partial charge in [-0.05, 0) is 36.3 Å². The van der Waals surface area contributed by atoms with E-state index >= 15 is 0 Å². The molecule has 0 saturated carbocycles. The van der Waals surface area contributed by atoms with E-state index in [1.807, 2.05) is 6.07 Å². The van der Waals surface area contributed by atoms with Crippen LogP contribution in [0.4, 0.5) is 0 Å². The van der Waals surface area contributed by atoms with Crippen molar-refractivity contribution in [2.75, 3.05) is 34.0 Å². The summed E-state index contributed by atoms with van der Waals surface area (Å²) in [5.41, 5.74) is 0.816. The molecule has 10 heteroatoms. The Morgan fingerprint density at radius 2 is 1.54 bits per heavy atom. The second-order valence-electron chi connectivity index (χ2n) is 9.94. The Hall–Kier alpha value is -1.22. The molecule has 0 aromatic heterocycles. The Morgan fingerprint density at radius 3 is 2.10 bits per heavy atom. The Labute approximate surface area is 242 Å².